The number of carbonyl (C=O) groups is 2. The van der Waals surface area contributed by atoms with Gasteiger partial charge >= 0.3 is 5.97 Å². The third kappa shape index (κ3) is 5.38. The number of carboxylic acid groups (broad SMARTS) is 1. The summed E-state index contributed by atoms with van der Waals surface area (Å²) in [6.45, 7) is 1.77. The number of carbonyl (C=O) groups excluding carboxylic acids is 1. The fourth-order valence-electron chi connectivity index (χ4n) is 1.50. The van der Waals surface area contributed by atoms with Crippen molar-refractivity contribution in [3.8, 4) is 0 Å². The van der Waals surface area contributed by atoms with Gasteiger partial charge in [0.05, 0.1) is 13.2 Å². The highest BCUT2D eigenvalue weighted by atomic mass is 16.5. The number of amides is 1. The van der Waals surface area contributed by atoms with E-state index in [1.165, 1.54) is 7.11 Å². The maximum atomic E-state index is 11.8. The molecule has 1 aromatic rings. The number of hydrogen-bond acceptors (Lipinski definition) is 4. The van der Waals surface area contributed by atoms with Gasteiger partial charge in [-0.25, -0.2) is 4.79 Å². The van der Waals surface area contributed by atoms with Crippen LogP contribution in [0.5, 0.6) is 0 Å². The van der Waals surface area contributed by atoms with Crippen LogP contribution in [-0.4, -0.2) is 42.8 Å². The quantitative estimate of drug-likeness (QED) is 0.736. The van der Waals surface area contributed by atoms with E-state index in [9.17, 15) is 9.59 Å². The zero-order chi connectivity index (χ0) is 15.0. The van der Waals surface area contributed by atoms with E-state index in [1.54, 1.807) is 6.92 Å². The Morgan fingerprint density at radius 3 is 2.50 bits per heavy atom. The largest absolute Gasteiger partial charge is 0.480 e. The average molecular weight is 281 g/mol. The minimum absolute atomic E-state index is 0.0908. The van der Waals surface area contributed by atoms with Crippen molar-refractivity contribution < 1.29 is 24.2 Å². The highest BCUT2D eigenvalue weighted by Crippen LogP contribution is 2.03. The van der Waals surface area contributed by atoms with Crippen molar-refractivity contribution in [2.45, 2.75) is 25.7 Å². The van der Waals surface area contributed by atoms with Crippen LogP contribution in [0.25, 0.3) is 0 Å². The Bertz CT molecular complexity index is 434. The summed E-state index contributed by atoms with van der Waals surface area (Å²) in [6.07, 6.45) is -0.742. The lowest BCUT2D eigenvalue weighted by Gasteiger charge is -2.17. The molecule has 0 fully saturated rings. The molecule has 0 aliphatic heterocycles. The van der Waals surface area contributed by atoms with Crippen LogP contribution in [0.3, 0.4) is 0 Å². The molecule has 0 saturated carbocycles. The number of aliphatic carboxylic acids is 1. The van der Waals surface area contributed by atoms with E-state index in [4.69, 9.17) is 14.6 Å². The number of nitrogens with one attached hydrogen (secondary N) is 1. The molecule has 1 amide bonds. The summed E-state index contributed by atoms with van der Waals surface area (Å²) in [5, 5.41) is 11.3. The van der Waals surface area contributed by atoms with Crippen LogP contribution in [0.2, 0.25) is 0 Å². The topological polar surface area (TPSA) is 84.9 Å². The van der Waals surface area contributed by atoms with Gasteiger partial charge in [0.2, 0.25) is 5.91 Å². The van der Waals surface area contributed by atoms with Gasteiger partial charge in [0.25, 0.3) is 0 Å². The third-order valence-corrected chi connectivity index (χ3v) is 2.66. The lowest BCUT2D eigenvalue weighted by atomic mass is 10.2. The molecule has 0 aliphatic carbocycles. The predicted molar refractivity (Wildman–Crippen MR) is 72.1 cm³/mol. The number of methoxy groups -OCH3 is 1. The van der Waals surface area contributed by atoms with E-state index in [0.717, 1.165) is 5.56 Å². The van der Waals surface area contributed by atoms with E-state index in [1.807, 2.05) is 30.3 Å². The minimum Gasteiger partial charge on any atom is -0.480 e. The van der Waals surface area contributed by atoms with Crippen molar-refractivity contribution >= 4 is 11.9 Å². The Balaban J connectivity index is 2.44. The van der Waals surface area contributed by atoms with Crippen LogP contribution in [0.15, 0.2) is 30.3 Å². The number of ether oxygens (including phenoxy) is 2. The van der Waals surface area contributed by atoms with Gasteiger partial charge in [0.1, 0.15) is 6.10 Å². The maximum Gasteiger partial charge on any atom is 0.328 e. The first-order valence-electron chi connectivity index (χ1n) is 6.22. The summed E-state index contributed by atoms with van der Waals surface area (Å²) in [4.78, 5) is 22.7. The molecule has 2 atom stereocenters. The second-order valence-corrected chi connectivity index (χ2v) is 4.29. The molecule has 0 bridgehead atoms. The van der Waals surface area contributed by atoms with Gasteiger partial charge in [0.15, 0.2) is 6.04 Å². The molecule has 6 nitrogen and oxygen atoms in total. The first kappa shape index (κ1) is 16.1. The standard InChI is InChI=1S/C14H19NO5/c1-10(20-8-11-6-4-3-5-7-11)13(16)15-12(9-19-2)14(17)18/h3-7,10,12H,8-9H2,1-2H3,(H,15,16)(H,17,18). The second-order valence-electron chi connectivity index (χ2n) is 4.29. The molecule has 0 aromatic heterocycles. The highest BCUT2D eigenvalue weighted by Gasteiger charge is 2.23. The van der Waals surface area contributed by atoms with Gasteiger partial charge < -0.3 is 19.9 Å². The zero-order valence-electron chi connectivity index (χ0n) is 11.5. The number of hydrogen-bond donors (Lipinski definition) is 2. The molecular formula is C14H19NO5. The van der Waals surface area contributed by atoms with Crippen LogP contribution < -0.4 is 5.32 Å². The molecule has 1 rings (SSSR count). The van der Waals surface area contributed by atoms with Gasteiger partial charge in [0, 0.05) is 7.11 Å². The minimum atomic E-state index is -1.14. The van der Waals surface area contributed by atoms with Crippen LogP contribution in [0.4, 0.5) is 0 Å². The summed E-state index contributed by atoms with van der Waals surface area (Å²) >= 11 is 0. The van der Waals surface area contributed by atoms with Gasteiger partial charge in [-0.3, -0.25) is 4.79 Å². The van der Waals surface area contributed by atoms with E-state index in [-0.39, 0.29) is 13.2 Å². The molecule has 0 heterocycles. The lowest BCUT2D eigenvalue weighted by molar-refractivity contribution is -0.145. The van der Waals surface area contributed by atoms with Crippen molar-refractivity contribution in [2.24, 2.45) is 0 Å². The number of benzene rings is 1. The van der Waals surface area contributed by atoms with Crippen molar-refractivity contribution in [2.75, 3.05) is 13.7 Å². The first-order valence-corrected chi connectivity index (χ1v) is 6.22. The highest BCUT2D eigenvalue weighted by molar-refractivity contribution is 5.86. The van der Waals surface area contributed by atoms with Gasteiger partial charge in [-0.1, -0.05) is 30.3 Å². The average Bonchev–Trinajstić information content (AvgIpc) is 2.45. The summed E-state index contributed by atoms with van der Waals surface area (Å²) in [7, 11) is 1.37. The Morgan fingerprint density at radius 1 is 1.30 bits per heavy atom. The van der Waals surface area contributed by atoms with Crippen molar-refractivity contribution in [3.63, 3.8) is 0 Å². The van der Waals surface area contributed by atoms with E-state index < -0.39 is 24.0 Å². The van der Waals surface area contributed by atoms with Crippen LogP contribution in [-0.2, 0) is 25.7 Å². The molecule has 0 aliphatic rings. The van der Waals surface area contributed by atoms with E-state index >= 15 is 0 Å². The number of rotatable bonds is 8. The zero-order valence-corrected chi connectivity index (χ0v) is 11.5. The SMILES string of the molecule is COCC(NC(=O)C(C)OCc1ccccc1)C(=O)O. The summed E-state index contributed by atoms with van der Waals surface area (Å²) in [6, 6.07) is 8.34. The molecule has 0 spiro atoms. The van der Waals surface area contributed by atoms with E-state index in [2.05, 4.69) is 5.32 Å². The van der Waals surface area contributed by atoms with Gasteiger partial charge in [-0.15, -0.1) is 0 Å². The smallest absolute Gasteiger partial charge is 0.328 e. The number of carboxylic acids is 1. The van der Waals surface area contributed by atoms with Crippen molar-refractivity contribution in [3.05, 3.63) is 35.9 Å². The molecule has 6 heteroatoms. The molecule has 110 valence electrons. The monoisotopic (exact) mass is 281 g/mol. The predicted octanol–water partition coefficient (Wildman–Crippen LogP) is 0.807. The van der Waals surface area contributed by atoms with Gasteiger partial charge in [-0.2, -0.15) is 0 Å². The van der Waals surface area contributed by atoms with Crippen molar-refractivity contribution in [1.29, 1.82) is 0 Å². The fourth-order valence-corrected chi connectivity index (χ4v) is 1.50. The lowest BCUT2D eigenvalue weighted by Crippen LogP contribution is -2.47. The van der Waals surface area contributed by atoms with Crippen LogP contribution in [0.1, 0.15) is 12.5 Å². The molecule has 20 heavy (non-hydrogen) atoms. The third-order valence-electron chi connectivity index (χ3n) is 2.66. The fraction of sp³-hybridized carbons (Fsp3) is 0.429. The Morgan fingerprint density at radius 2 is 1.95 bits per heavy atom. The van der Waals surface area contributed by atoms with E-state index in [0.29, 0.717) is 0 Å². The molecule has 2 N–H and O–H groups in total. The second kappa shape index (κ2) is 8.29. The molecule has 1 aromatic carbocycles. The summed E-state index contributed by atoms with van der Waals surface area (Å²) < 4.78 is 10.1. The van der Waals surface area contributed by atoms with Crippen LogP contribution >= 0.6 is 0 Å². The van der Waals surface area contributed by atoms with Crippen LogP contribution in [0, 0.1) is 0 Å². The Kier molecular flexibility index (Phi) is 6.69. The Hall–Kier alpha value is -1.92. The molecule has 0 radical (unpaired) electrons. The normalized spacial score (nSPS) is 13.5. The molecule has 2 unspecified atom stereocenters. The molecular weight excluding hydrogens is 262 g/mol. The molecule has 0 saturated heterocycles. The summed E-state index contributed by atoms with van der Waals surface area (Å²) in [5.41, 5.74) is 0.943. The van der Waals surface area contributed by atoms with Crippen molar-refractivity contribution in [1.82, 2.24) is 5.32 Å². The maximum absolute atomic E-state index is 11.8. The summed E-state index contributed by atoms with van der Waals surface area (Å²) in [5.74, 6) is -1.62. The first-order chi connectivity index (χ1) is 9.54. The van der Waals surface area contributed by atoms with Gasteiger partial charge in [-0.05, 0) is 12.5 Å². The Labute approximate surface area is 117 Å².